The highest BCUT2D eigenvalue weighted by molar-refractivity contribution is 6.31. The highest BCUT2D eigenvalue weighted by Crippen LogP contribution is 2.26. The molecule has 0 N–H and O–H groups in total. The SMILES string of the molecule is Cc1ccc2c(c1)cc(Cl)n2-c1ncccn1. The van der Waals surface area contributed by atoms with Crippen LogP contribution in [-0.4, -0.2) is 14.5 Å². The lowest BCUT2D eigenvalue weighted by atomic mass is 10.2. The summed E-state index contributed by atoms with van der Waals surface area (Å²) in [6.45, 7) is 2.06. The van der Waals surface area contributed by atoms with Crippen molar-refractivity contribution in [2.45, 2.75) is 6.92 Å². The van der Waals surface area contributed by atoms with Crippen molar-refractivity contribution in [1.29, 1.82) is 0 Å². The first kappa shape index (κ1) is 10.3. The molecule has 0 atom stereocenters. The smallest absolute Gasteiger partial charge is 0.235 e. The fraction of sp³-hybridized carbons (Fsp3) is 0.0769. The average Bonchev–Trinajstić information content (AvgIpc) is 2.65. The van der Waals surface area contributed by atoms with Crippen molar-refractivity contribution in [2.24, 2.45) is 0 Å². The molecule has 0 saturated heterocycles. The molecule has 4 heteroatoms. The third-order valence-corrected chi connectivity index (χ3v) is 2.94. The van der Waals surface area contributed by atoms with E-state index >= 15 is 0 Å². The van der Waals surface area contributed by atoms with Gasteiger partial charge in [-0.1, -0.05) is 23.2 Å². The number of aryl methyl sites for hydroxylation is 1. The number of hydrogen-bond donors (Lipinski definition) is 0. The average molecular weight is 244 g/mol. The zero-order valence-corrected chi connectivity index (χ0v) is 10.0. The van der Waals surface area contributed by atoms with E-state index in [0.717, 1.165) is 10.9 Å². The molecule has 0 unspecified atom stereocenters. The molecule has 0 fully saturated rings. The number of rotatable bonds is 1. The molecule has 0 aliphatic heterocycles. The summed E-state index contributed by atoms with van der Waals surface area (Å²) < 4.78 is 1.84. The molecular formula is C13H10ClN3. The minimum Gasteiger partial charge on any atom is -0.268 e. The lowest BCUT2D eigenvalue weighted by Crippen LogP contribution is -1.99. The summed E-state index contributed by atoms with van der Waals surface area (Å²) in [6, 6.07) is 9.90. The second-order valence-corrected chi connectivity index (χ2v) is 4.30. The van der Waals surface area contributed by atoms with Gasteiger partial charge >= 0.3 is 0 Å². The zero-order valence-electron chi connectivity index (χ0n) is 9.26. The number of fused-ring (bicyclic) bond motifs is 1. The van der Waals surface area contributed by atoms with Crippen molar-refractivity contribution in [2.75, 3.05) is 0 Å². The zero-order chi connectivity index (χ0) is 11.8. The van der Waals surface area contributed by atoms with Gasteiger partial charge in [0.2, 0.25) is 5.95 Å². The van der Waals surface area contributed by atoms with Crippen molar-refractivity contribution in [3.63, 3.8) is 0 Å². The fourth-order valence-electron chi connectivity index (χ4n) is 1.91. The number of benzene rings is 1. The van der Waals surface area contributed by atoms with Crippen LogP contribution in [0.4, 0.5) is 0 Å². The van der Waals surface area contributed by atoms with Crippen molar-refractivity contribution in [3.8, 4) is 5.95 Å². The van der Waals surface area contributed by atoms with E-state index in [1.165, 1.54) is 5.56 Å². The fourth-order valence-corrected chi connectivity index (χ4v) is 2.20. The molecule has 17 heavy (non-hydrogen) atoms. The van der Waals surface area contributed by atoms with Crippen LogP contribution in [0, 0.1) is 6.92 Å². The van der Waals surface area contributed by atoms with Crippen molar-refractivity contribution < 1.29 is 0 Å². The minimum atomic E-state index is 0.594. The molecule has 0 saturated carbocycles. The van der Waals surface area contributed by atoms with Gasteiger partial charge in [0.25, 0.3) is 0 Å². The topological polar surface area (TPSA) is 30.7 Å². The van der Waals surface area contributed by atoms with Gasteiger partial charge in [-0.3, -0.25) is 4.57 Å². The monoisotopic (exact) mass is 243 g/mol. The molecule has 0 radical (unpaired) electrons. The second-order valence-electron chi connectivity index (χ2n) is 3.91. The standard InChI is InChI=1S/C13H10ClN3/c1-9-3-4-11-10(7-9)8-12(14)17(11)13-15-5-2-6-16-13/h2-8H,1H3. The number of nitrogens with zero attached hydrogens (tertiary/aromatic N) is 3. The van der Waals surface area contributed by atoms with Gasteiger partial charge in [-0.2, -0.15) is 0 Å². The van der Waals surface area contributed by atoms with Crippen molar-refractivity contribution in [3.05, 3.63) is 53.4 Å². The lowest BCUT2D eigenvalue weighted by molar-refractivity contribution is 0.962. The van der Waals surface area contributed by atoms with Crippen LogP contribution < -0.4 is 0 Å². The van der Waals surface area contributed by atoms with Gasteiger partial charge in [0.15, 0.2) is 0 Å². The largest absolute Gasteiger partial charge is 0.268 e. The van der Waals surface area contributed by atoms with E-state index in [1.807, 2.05) is 16.7 Å². The van der Waals surface area contributed by atoms with Gasteiger partial charge in [0.05, 0.1) is 5.52 Å². The minimum absolute atomic E-state index is 0.594. The number of aromatic nitrogens is 3. The maximum atomic E-state index is 6.24. The van der Waals surface area contributed by atoms with E-state index in [4.69, 9.17) is 11.6 Å². The van der Waals surface area contributed by atoms with E-state index in [1.54, 1.807) is 18.5 Å². The molecule has 0 aliphatic rings. The number of hydrogen-bond acceptors (Lipinski definition) is 2. The Morgan fingerprint density at radius 1 is 1.12 bits per heavy atom. The Balaban J connectivity index is 2.33. The molecule has 2 heterocycles. The molecule has 0 bridgehead atoms. The van der Waals surface area contributed by atoms with E-state index in [0.29, 0.717) is 11.1 Å². The third kappa shape index (κ3) is 1.68. The summed E-state index contributed by atoms with van der Waals surface area (Å²) in [4.78, 5) is 8.44. The molecule has 0 spiro atoms. The Bertz CT molecular complexity index is 674. The predicted molar refractivity (Wildman–Crippen MR) is 68.6 cm³/mol. The lowest BCUT2D eigenvalue weighted by Gasteiger charge is -2.04. The van der Waals surface area contributed by atoms with Gasteiger partial charge in [0.1, 0.15) is 5.15 Å². The Kier molecular flexibility index (Phi) is 2.34. The number of halogens is 1. The Morgan fingerprint density at radius 2 is 1.88 bits per heavy atom. The van der Waals surface area contributed by atoms with Gasteiger partial charge in [-0.05, 0) is 31.2 Å². The molecule has 2 aromatic heterocycles. The van der Waals surface area contributed by atoms with Crippen molar-refractivity contribution >= 4 is 22.5 Å². The maximum Gasteiger partial charge on any atom is 0.235 e. The predicted octanol–water partition coefficient (Wildman–Crippen LogP) is 3.38. The maximum absolute atomic E-state index is 6.24. The summed E-state index contributed by atoms with van der Waals surface area (Å²) >= 11 is 6.24. The molecule has 3 aromatic rings. The highest BCUT2D eigenvalue weighted by Gasteiger charge is 2.10. The first-order chi connectivity index (χ1) is 8.25. The van der Waals surface area contributed by atoms with Gasteiger partial charge in [-0.15, -0.1) is 0 Å². The van der Waals surface area contributed by atoms with Crippen LogP contribution >= 0.6 is 11.6 Å². The van der Waals surface area contributed by atoms with E-state index in [9.17, 15) is 0 Å². The van der Waals surface area contributed by atoms with Gasteiger partial charge in [0, 0.05) is 17.8 Å². The van der Waals surface area contributed by atoms with Crippen molar-refractivity contribution in [1.82, 2.24) is 14.5 Å². The quantitative estimate of drug-likeness (QED) is 0.656. The Labute approximate surface area is 104 Å². The molecule has 84 valence electrons. The molecule has 1 aromatic carbocycles. The van der Waals surface area contributed by atoms with Gasteiger partial charge in [-0.25, -0.2) is 9.97 Å². The van der Waals surface area contributed by atoms with Crippen LogP contribution in [-0.2, 0) is 0 Å². The Hall–Kier alpha value is -1.87. The van der Waals surface area contributed by atoms with Crippen LogP contribution in [0.25, 0.3) is 16.9 Å². The molecular weight excluding hydrogens is 234 g/mol. The summed E-state index contributed by atoms with van der Waals surface area (Å²) in [5.41, 5.74) is 2.23. The summed E-state index contributed by atoms with van der Waals surface area (Å²) in [6.07, 6.45) is 3.41. The van der Waals surface area contributed by atoms with E-state index in [2.05, 4.69) is 29.0 Å². The molecule has 0 aliphatic carbocycles. The molecule has 3 rings (SSSR count). The highest BCUT2D eigenvalue weighted by atomic mass is 35.5. The third-order valence-electron chi connectivity index (χ3n) is 2.66. The van der Waals surface area contributed by atoms with E-state index < -0.39 is 0 Å². The summed E-state index contributed by atoms with van der Waals surface area (Å²) in [5, 5.41) is 1.72. The first-order valence-electron chi connectivity index (χ1n) is 5.31. The van der Waals surface area contributed by atoms with Crippen LogP contribution in [0.1, 0.15) is 5.56 Å². The van der Waals surface area contributed by atoms with Crippen LogP contribution in [0.15, 0.2) is 42.7 Å². The van der Waals surface area contributed by atoms with E-state index in [-0.39, 0.29) is 0 Å². The van der Waals surface area contributed by atoms with Crippen LogP contribution in [0.3, 0.4) is 0 Å². The first-order valence-corrected chi connectivity index (χ1v) is 5.68. The summed E-state index contributed by atoms with van der Waals surface area (Å²) in [7, 11) is 0. The second kappa shape index (κ2) is 3.86. The molecule has 0 amide bonds. The summed E-state index contributed by atoms with van der Waals surface area (Å²) in [5.74, 6) is 0.594. The normalized spacial score (nSPS) is 10.9. The van der Waals surface area contributed by atoms with Crippen LogP contribution in [0.2, 0.25) is 5.15 Å². The Morgan fingerprint density at radius 3 is 2.65 bits per heavy atom. The van der Waals surface area contributed by atoms with Crippen LogP contribution in [0.5, 0.6) is 0 Å². The van der Waals surface area contributed by atoms with Gasteiger partial charge < -0.3 is 0 Å². The molecule has 3 nitrogen and oxygen atoms in total.